The molecular formula is C25H14ClN3O2S. The SMILES string of the molecule is Cc1ccc2nc(Cl)c(C=C(C#N)c3nc(-c4cc5ccccc5oc4=O)cs3)cc2c1. The predicted octanol–water partition coefficient (Wildman–Crippen LogP) is 6.49. The number of benzene rings is 2. The maximum Gasteiger partial charge on any atom is 0.345 e. The molecule has 0 radical (unpaired) electrons. The third-order valence-electron chi connectivity index (χ3n) is 5.02. The maximum atomic E-state index is 12.5. The molecule has 0 unspecified atom stereocenters. The average molecular weight is 456 g/mol. The highest BCUT2D eigenvalue weighted by molar-refractivity contribution is 7.11. The zero-order chi connectivity index (χ0) is 22.2. The van der Waals surface area contributed by atoms with Crippen molar-refractivity contribution in [1.29, 1.82) is 5.26 Å². The summed E-state index contributed by atoms with van der Waals surface area (Å²) in [5.41, 5.74) is 3.72. The molecule has 0 N–H and O–H groups in total. The summed E-state index contributed by atoms with van der Waals surface area (Å²) in [5.74, 6) is 0. The number of thiazole rings is 1. The summed E-state index contributed by atoms with van der Waals surface area (Å²) in [6.07, 6.45) is 1.67. The monoisotopic (exact) mass is 455 g/mol. The molecule has 3 aromatic heterocycles. The van der Waals surface area contributed by atoms with Gasteiger partial charge in [0.2, 0.25) is 0 Å². The van der Waals surface area contributed by atoms with Gasteiger partial charge in [-0.3, -0.25) is 0 Å². The normalized spacial score (nSPS) is 11.7. The zero-order valence-electron chi connectivity index (χ0n) is 16.8. The van der Waals surface area contributed by atoms with Gasteiger partial charge in [-0.2, -0.15) is 5.26 Å². The van der Waals surface area contributed by atoms with Crippen LogP contribution < -0.4 is 5.63 Å². The van der Waals surface area contributed by atoms with Crippen LogP contribution in [0.15, 0.2) is 69.2 Å². The first-order valence-electron chi connectivity index (χ1n) is 9.70. The summed E-state index contributed by atoms with van der Waals surface area (Å²) >= 11 is 7.65. The van der Waals surface area contributed by atoms with Gasteiger partial charge in [0.05, 0.1) is 22.3 Å². The number of nitrogens with zero attached hydrogens (tertiary/aromatic N) is 3. The minimum atomic E-state index is -0.472. The van der Waals surface area contributed by atoms with Crippen LogP contribution in [0.1, 0.15) is 16.1 Å². The van der Waals surface area contributed by atoms with E-state index in [1.54, 1.807) is 23.6 Å². The molecule has 0 saturated carbocycles. The quantitative estimate of drug-likeness (QED) is 0.176. The summed E-state index contributed by atoms with van der Waals surface area (Å²) < 4.78 is 5.41. The Morgan fingerprint density at radius 3 is 2.81 bits per heavy atom. The van der Waals surface area contributed by atoms with Crippen molar-refractivity contribution in [3.8, 4) is 17.3 Å². The smallest absolute Gasteiger partial charge is 0.345 e. The average Bonchev–Trinajstić information content (AvgIpc) is 3.27. The first-order chi connectivity index (χ1) is 15.5. The lowest BCUT2D eigenvalue weighted by Crippen LogP contribution is -2.02. The van der Waals surface area contributed by atoms with E-state index >= 15 is 0 Å². The lowest BCUT2D eigenvalue weighted by Gasteiger charge is -2.04. The Morgan fingerprint density at radius 2 is 1.97 bits per heavy atom. The number of allylic oxidation sites excluding steroid dienone is 1. The van der Waals surface area contributed by atoms with Gasteiger partial charge in [-0.25, -0.2) is 14.8 Å². The molecule has 5 rings (SSSR count). The fourth-order valence-corrected chi connectivity index (χ4v) is 4.43. The summed E-state index contributed by atoms with van der Waals surface area (Å²) in [5, 5.41) is 14.0. The molecule has 2 aromatic carbocycles. The van der Waals surface area contributed by atoms with E-state index in [0.29, 0.717) is 38.1 Å². The van der Waals surface area contributed by atoms with Crippen LogP contribution in [0.4, 0.5) is 0 Å². The molecule has 0 aliphatic rings. The number of fused-ring (bicyclic) bond motifs is 2. The lowest BCUT2D eigenvalue weighted by molar-refractivity contribution is 0.563. The van der Waals surface area contributed by atoms with Crippen LogP contribution in [0.5, 0.6) is 0 Å². The highest BCUT2D eigenvalue weighted by atomic mass is 35.5. The number of halogens is 1. The van der Waals surface area contributed by atoms with Gasteiger partial charge in [-0.1, -0.05) is 41.4 Å². The van der Waals surface area contributed by atoms with Gasteiger partial charge in [0.1, 0.15) is 21.8 Å². The van der Waals surface area contributed by atoms with Gasteiger partial charge in [0, 0.05) is 21.7 Å². The molecule has 7 heteroatoms. The Kier molecular flexibility index (Phi) is 5.06. The Bertz CT molecular complexity index is 1640. The molecule has 0 fully saturated rings. The van der Waals surface area contributed by atoms with Gasteiger partial charge in [0.25, 0.3) is 0 Å². The van der Waals surface area contributed by atoms with Crippen molar-refractivity contribution in [3.63, 3.8) is 0 Å². The summed E-state index contributed by atoms with van der Waals surface area (Å²) in [6.45, 7) is 2.00. The minimum absolute atomic E-state index is 0.307. The standard InChI is InChI=1S/C25H14ClN3O2S/c1-14-6-7-20-16(8-14)9-17(23(26)28-20)10-18(12-27)24-29-21(13-32-24)19-11-15-4-2-3-5-22(15)31-25(19)30/h2-11,13H,1H3. The largest absolute Gasteiger partial charge is 0.422 e. The second kappa shape index (κ2) is 8.04. The molecule has 0 spiro atoms. The van der Waals surface area contributed by atoms with Crippen molar-refractivity contribution in [1.82, 2.24) is 9.97 Å². The van der Waals surface area contributed by atoms with Crippen molar-refractivity contribution >= 4 is 56.5 Å². The van der Waals surface area contributed by atoms with Crippen LogP contribution in [-0.4, -0.2) is 9.97 Å². The van der Waals surface area contributed by atoms with Crippen molar-refractivity contribution < 1.29 is 4.42 Å². The topological polar surface area (TPSA) is 79.8 Å². The molecule has 5 aromatic rings. The molecule has 0 aliphatic carbocycles. The fourth-order valence-electron chi connectivity index (χ4n) is 3.45. The Balaban J connectivity index is 1.57. The number of hydrogen-bond donors (Lipinski definition) is 0. The van der Waals surface area contributed by atoms with E-state index in [2.05, 4.69) is 16.0 Å². The van der Waals surface area contributed by atoms with E-state index in [9.17, 15) is 10.1 Å². The zero-order valence-corrected chi connectivity index (χ0v) is 18.4. The van der Waals surface area contributed by atoms with Crippen LogP contribution in [0.25, 0.3) is 44.8 Å². The van der Waals surface area contributed by atoms with E-state index in [1.807, 2.05) is 49.4 Å². The highest BCUT2D eigenvalue weighted by Crippen LogP contribution is 2.29. The first kappa shape index (κ1) is 20.1. The molecule has 0 saturated heterocycles. The van der Waals surface area contributed by atoms with Gasteiger partial charge >= 0.3 is 5.63 Å². The van der Waals surface area contributed by atoms with Crippen molar-refractivity contribution in [2.24, 2.45) is 0 Å². The number of nitriles is 1. The lowest BCUT2D eigenvalue weighted by atomic mass is 10.1. The van der Waals surface area contributed by atoms with Gasteiger partial charge in [-0.05, 0) is 43.3 Å². The first-order valence-corrected chi connectivity index (χ1v) is 11.0. The van der Waals surface area contributed by atoms with E-state index in [1.165, 1.54) is 11.3 Å². The Hall–Kier alpha value is -3.79. The van der Waals surface area contributed by atoms with E-state index in [4.69, 9.17) is 16.0 Å². The van der Waals surface area contributed by atoms with Crippen LogP contribution in [0.3, 0.4) is 0 Å². The molecule has 0 atom stereocenters. The number of aryl methyl sites for hydroxylation is 1. The number of para-hydroxylation sites is 1. The molecule has 32 heavy (non-hydrogen) atoms. The summed E-state index contributed by atoms with van der Waals surface area (Å²) in [7, 11) is 0. The van der Waals surface area contributed by atoms with Crippen molar-refractivity contribution in [2.75, 3.05) is 0 Å². The molecule has 3 heterocycles. The van der Waals surface area contributed by atoms with Crippen molar-refractivity contribution in [2.45, 2.75) is 6.92 Å². The fraction of sp³-hybridized carbons (Fsp3) is 0.0400. The van der Waals surface area contributed by atoms with Crippen LogP contribution in [0, 0.1) is 18.3 Å². The molecule has 0 aliphatic heterocycles. The molecular weight excluding hydrogens is 442 g/mol. The number of rotatable bonds is 3. The summed E-state index contributed by atoms with van der Waals surface area (Å²) in [4.78, 5) is 21.4. The number of hydrogen-bond acceptors (Lipinski definition) is 6. The molecule has 5 nitrogen and oxygen atoms in total. The predicted molar refractivity (Wildman–Crippen MR) is 129 cm³/mol. The molecule has 0 bridgehead atoms. The molecule has 0 amide bonds. The Labute approximate surface area is 191 Å². The highest BCUT2D eigenvalue weighted by Gasteiger charge is 2.14. The van der Waals surface area contributed by atoms with E-state index in [0.717, 1.165) is 21.9 Å². The van der Waals surface area contributed by atoms with Crippen molar-refractivity contribution in [3.05, 3.63) is 91.7 Å². The second-order valence-electron chi connectivity index (χ2n) is 7.26. The third kappa shape index (κ3) is 3.69. The molecule has 154 valence electrons. The van der Waals surface area contributed by atoms with E-state index < -0.39 is 5.63 Å². The van der Waals surface area contributed by atoms with Gasteiger partial charge < -0.3 is 4.42 Å². The van der Waals surface area contributed by atoms with Crippen LogP contribution in [-0.2, 0) is 0 Å². The van der Waals surface area contributed by atoms with E-state index in [-0.39, 0.29) is 0 Å². The maximum absolute atomic E-state index is 12.5. The van der Waals surface area contributed by atoms with Gasteiger partial charge in [0.15, 0.2) is 0 Å². The third-order valence-corrected chi connectivity index (χ3v) is 6.20. The number of pyridine rings is 1. The van der Waals surface area contributed by atoms with Gasteiger partial charge in [-0.15, -0.1) is 11.3 Å². The Morgan fingerprint density at radius 1 is 1.12 bits per heavy atom. The second-order valence-corrected chi connectivity index (χ2v) is 8.47. The number of aromatic nitrogens is 2. The summed E-state index contributed by atoms with van der Waals surface area (Å²) in [6, 6.07) is 19.0. The van der Waals surface area contributed by atoms with Crippen LogP contribution >= 0.6 is 22.9 Å². The minimum Gasteiger partial charge on any atom is -0.422 e. The van der Waals surface area contributed by atoms with Crippen LogP contribution in [0.2, 0.25) is 5.15 Å².